The first-order valence-corrected chi connectivity index (χ1v) is 12.2. The molecule has 0 radical (unpaired) electrons. The molecule has 1 unspecified atom stereocenters. The summed E-state index contributed by atoms with van der Waals surface area (Å²) in [6.45, 7) is 1.56. The van der Waals surface area contributed by atoms with Gasteiger partial charge in [-0.25, -0.2) is 4.98 Å². The Kier molecular flexibility index (Phi) is 3.86. The molecule has 7 aromatic rings. The molecular formula is C29H23N5O2. The van der Waals surface area contributed by atoms with Gasteiger partial charge in [0.2, 0.25) is 0 Å². The van der Waals surface area contributed by atoms with Gasteiger partial charge in [0.1, 0.15) is 0 Å². The van der Waals surface area contributed by atoms with Crippen LogP contribution in [0.25, 0.3) is 66.7 Å². The Labute approximate surface area is 205 Å². The number of para-hydroxylation sites is 1. The second-order valence-electron chi connectivity index (χ2n) is 9.76. The summed E-state index contributed by atoms with van der Waals surface area (Å²) in [4.78, 5) is 7.20. The van der Waals surface area contributed by atoms with Crippen molar-refractivity contribution in [2.45, 2.75) is 13.1 Å². The van der Waals surface area contributed by atoms with Crippen molar-refractivity contribution in [1.29, 1.82) is 0 Å². The monoisotopic (exact) mass is 473 g/mol. The summed E-state index contributed by atoms with van der Waals surface area (Å²) in [6, 6.07) is 14.9. The van der Waals surface area contributed by atoms with E-state index >= 15 is 0 Å². The van der Waals surface area contributed by atoms with E-state index in [2.05, 4.69) is 67.6 Å². The zero-order valence-corrected chi connectivity index (χ0v) is 19.4. The van der Waals surface area contributed by atoms with Gasteiger partial charge in [-0.15, -0.1) is 0 Å². The molecule has 7 heteroatoms. The van der Waals surface area contributed by atoms with Crippen LogP contribution < -0.4 is 0 Å². The molecular weight excluding hydrogens is 450 g/mol. The van der Waals surface area contributed by atoms with Gasteiger partial charge in [-0.1, -0.05) is 24.3 Å². The van der Waals surface area contributed by atoms with Crippen molar-refractivity contribution >= 4 is 66.7 Å². The Morgan fingerprint density at radius 3 is 2.56 bits per heavy atom. The van der Waals surface area contributed by atoms with E-state index in [1.165, 1.54) is 5.52 Å². The third-order valence-corrected chi connectivity index (χ3v) is 7.77. The molecule has 1 aliphatic rings. The van der Waals surface area contributed by atoms with Crippen LogP contribution in [0.15, 0.2) is 67.4 Å². The minimum Gasteiger partial charge on any atom is -0.494 e. The fourth-order valence-corrected chi connectivity index (χ4v) is 6.26. The van der Waals surface area contributed by atoms with Crippen molar-refractivity contribution < 1.29 is 10.2 Å². The first-order chi connectivity index (χ1) is 17.7. The molecule has 0 aliphatic carbocycles. The lowest BCUT2D eigenvalue weighted by Gasteiger charge is -2.15. The number of nitrogens with one attached hydrogen (secondary N) is 1. The van der Waals surface area contributed by atoms with Gasteiger partial charge in [0.25, 0.3) is 0 Å². The highest BCUT2D eigenvalue weighted by Crippen LogP contribution is 2.48. The standard InChI is InChI=1S/C29H23N5O2/c35-15-18-13-33-22-4-2-1-3-19(22)24-21-12-31-29(36)26(21)25-20-11-17(7-9-32-10-8-30-16-32)5-6-23(20)34(14-18)28(25)27(24)33/h1-12,16,18,31,35-36H,13-15H2/b9-7+. The lowest BCUT2D eigenvalue weighted by molar-refractivity contribution is 0.201. The summed E-state index contributed by atoms with van der Waals surface area (Å²) in [7, 11) is 0. The number of aromatic nitrogens is 5. The van der Waals surface area contributed by atoms with Crippen molar-refractivity contribution in [2.24, 2.45) is 5.92 Å². The first-order valence-electron chi connectivity index (χ1n) is 12.2. The van der Waals surface area contributed by atoms with Gasteiger partial charge in [-0.3, -0.25) is 0 Å². The summed E-state index contributed by atoms with van der Waals surface area (Å²) in [5.74, 6) is 0.260. The summed E-state index contributed by atoms with van der Waals surface area (Å²) >= 11 is 0. The lowest BCUT2D eigenvalue weighted by Crippen LogP contribution is -2.18. The first kappa shape index (κ1) is 19.8. The van der Waals surface area contributed by atoms with Crippen LogP contribution >= 0.6 is 0 Å². The smallest absolute Gasteiger partial charge is 0.197 e. The zero-order chi connectivity index (χ0) is 24.0. The molecule has 0 amide bonds. The molecule has 8 rings (SSSR count). The summed E-state index contributed by atoms with van der Waals surface area (Å²) in [5.41, 5.74) is 5.61. The van der Waals surface area contributed by atoms with E-state index in [-0.39, 0.29) is 18.4 Å². The molecule has 36 heavy (non-hydrogen) atoms. The predicted molar refractivity (Wildman–Crippen MR) is 144 cm³/mol. The minimum absolute atomic E-state index is 0.0746. The van der Waals surface area contributed by atoms with Crippen LogP contribution in [0.4, 0.5) is 0 Å². The summed E-state index contributed by atoms with van der Waals surface area (Å²) < 4.78 is 6.64. The number of aromatic amines is 1. The third kappa shape index (κ3) is 2.47. The largest absolute Gasteiger partial charge is 0.494 e. The molecule has 7 nitrogen and oxygen atoms in total. The second-order valence-corrected chi connectivity index (χ2v) is 9.76. The average molecular weight is 474 g/mol. The van der Waals surface area contributed by atoms with Crippen molar-refractivity contribution in [1.82, 2.24) is 23.7 Å². The molecule has 176 valence electrons. The number of fused-ring (bicyclic) bond motifs is 9. The van der Waals surface area contributed by atoms with E-state index in [1.807, 2.05) is 23.2 Å². The van der Waals surface area contributed by atoms with Crippen LogP contribution in [-0.4, -0.2) is 40.5 Å². The number of aliphatic hydroxyl groups is 1. The Hall–Kier alpha value is -4.49. The maximum absolute atomic E-state index is 11.1. The number of benzene rings is 3. The molecule has 5 heterocycles. The van der Waals surface area contributed by atoms with Crippen LogP contribution in [0.2, 0.25) is 0 Å². The van der Waals surface area contributed by atoms with Crippen LogP contribution in [0.1, 0.15) is 5.56 Å². The Balaban J connectivity index is 1.58. The highest BCUT2D eigenvalue weighted by Gasteiger charge is 2.29. The third-order valence-electron chi connectivity index (χ3n) is 7.77. The topological polar surface area (TPSA) is 83.9 Å². The van der Waals surface area contributed by atoms with E-state index in [0.29, 0.717) is 6.54 Å². The molecule has 0 spiro atoms. The quantitative estimate of drug-likeness (QED) is 0.315. The average Bonchev–Trinajstić information content (AvgIpc) is 3.66. The molecule has 3 N–H and O–H groups in total. The van der Waals surface area contributed by atoms with Crippen LogP contribution in [-0.2, 0) is 13.1 Å². The Bertz CT molecular complexity index is 2000. The van der Waals surface area contributed by atoms with Crippen molar-refractivity contribution in [3.63, 3.8) is 0 Å². The second kappa shape index (κ2) is 7.02. The Morgan fingerprint density at radius 2 is 1.75 bits per heavy atom. The SMILES string of the molecule is OCC1Cn2c3ccccc3c3c4c[nH]c(O)c4c4c5cc(/C=C/n6ccnc6)ccc5n(c4c32)C1. The number of hydrogen-bond donors (Lipinski definition) is 3. The van der Waals surface area contributed by atoms with Gasteiger partial charge >= 0.3 is 0 Å². The summed E-state index contributed by atoms with van der Waals surface area (Å²) in [6.07, 6.45) is 11.4. The van der Waals surface area contributed by atoms with Gasteiger partial charge in [-0.2, -0.15) is 0 Å². The minimum atomic E-state index is 0.0746. The van der Waals surface area contributed by atoms with E-state index < -0.39 is 0 Å². The maximum atomic E-state index is 11.1. The highest BCUT2D eigenvalue weighted by atomic mass is 16.3. The molecule has 1 aliphatic heterocycles. The predicted octanol–water partition coefficient (Wildman–Crippen LogP) is 5.54. The zero-order valence-electron chi connectivity index (χ0n) is 19.4. The number of aliphatic hydroxyl groups excluding tert-OH is 1. The number of imidazole rings is 1. The maximum Gasteiger partial charge on any atom is 0.197 e. The van der Waals surface area contributed by atoms with Gasteiger partial charge in [-0.05, 0) is 29.8 Å². The lowest BCUT2D eigenvalue weighted by atomic mass is 10.0. The van der Waals surface area contributed by atoms with Gasteiger partial charge in [0, 0.05) is 88.4 Å². The van der Waals surface area contributed by atoms with E-state index in [0.717, 1.165) is 61.0 Å². The molecule has 1 atom stereocenters. The van der Waals surface area contributed by atoms with E-state index in [9.17, 15) is 10.2 Å². The van der Waals surface area contributed by atoms with Crippen LogP contribution in [0, 0.1) is 5.92 Å². The van der Waals surface area contributed by atoms with E-state index in [1.54, 1.807) is 12.5 Å². The summed E-state index contributed by atoms with van der Waals surface area (Å²) in [5, 5.41) is 27.7. The number of aromatic hydroxyl groups is 1. The number of nitrogens with zero attached hydrogens (tertiary/aromatic N) is 4. The van der Waals surface area contributed by atoms with Crippen LogP contribution in [0.5, 0.6) is 5.88 Å². The molecule has 0 saturated heterocycles. The normalized spacial score (nSPS) is 16.1. The van der Waals surface area contributed by atoms with Crippen molar-refractivity contribution in [3.05, 3.63) is 72.9 Å². The molecule has 3 aromatic carbocycles. The van der Waals surface area contributed by atoms with Gasteiger partial charge < -0.3 is 28.9 Å². The van der Waals surface area contributed by atoms with Crippen molar-refractivity contribution in [3.8, 4) is 5.88 Å². The van der Waals surface area contributed by atoms with Gasteiger partial charge in [0.15, 0.2) is 5.88 Å². The van der Waals surface area contributed by atoms with E-state index in [4.69, 9.17) is 0 Å². The fourth-order valence-electron chi connectivity index (χ4n) is 6.26. The number of rotatable bonds is 3. The Morgan fingerprint density at radius 1 is 0.944 bits per heavy atom. The number of hydrogen-bond acceptors (Lipinski definition) is 3. The van der Waals surface area contributed by atoms with Crippen molar-refractivity contribution in [2.75, 3.05) is 6.61 Å². The molecule has 0 saturated carbocycles. The fraction of sp³-hybridized carbons (Fsp3) is 0.138. The van der Waals surface area contributed by atoms with Gasteiger partial charge in [0.05, 0.1) is 22.7 Å². The molecule has 4 aromatic heterocycles. The molecule has 0 bridgehead atoms. The number of H-pyrrole nitrogens is 1. The van der Waals surface area contributed by atoms with Crippen LogP contribution in [0.3, 0.4) is 0 Å². The highest BCUT2D eigenvalue weighted by molar-refractivity contribution is 6.36. The molecule has 0 fully saturated rings.